The summed E-state index contributed by atoms with van der Waals surface area (Å²) in [7, 11) is 0. The fourth-order valence-corrected chi connectivity index (χ4v) is 1.48. The lowest BCUT2D eigenvalue weighted by atomic mass is 9.95. The maximum Gasteiger partial charge on any atom is -0.0164 e. The Morgan fingerprint density at radius 1 is 1.17 bits per heavy atom. The van der Waals surface area contributed by atoms with E-state index >= 15 is 0 Å². The van der Waals surface area contributed by atoms with Crippen molar-refractivity contribution in [2.24, 2.45) is 0 Å². The minimum absolute atomic E-state index is 0.448. The standard InChI is InChI=1S/C12H17/c1-5-11(4)12-7-9(2)6-10(3)8-12/h6-8,11H,4-5H2,1-3H3. The van der Waals surface area contributed by atoms with Gasteiger partial charge in [-0.25, -0.2) is 0 Å². The van der Waals surface area contributed by atoms with E-state index in [1.165, 1.54) is 16.7 Å². The number of aryl methyl sites for hydroxylation is 2. The maximum atomic E-state index is 4.11. The first-order valence-electron chi connectivity index (χ1n) is 4.54. The molecule has 0 aliphatic heterocycles. The molecule has 0 aliphatic carbocycles. The zero-order valence-electron chi connectivity index (χ0n) is 8.22. The second kappa shape index (κ2) is 3.75. The molecule has 65 valence electrons. The maximum absolute atomic E-state index is 4.11. The summed E-state index contributed by atoms with van der Waals surface area (Å²) >= 11 is 0. The molecule has 1 radical (unpaired) electrons. The van der Waals surface area contributed by atoms with E-state index in [1.807, 2.05) is 0 Å². The van der Waals surface area contributed by atoms with Crippen LogP contribution in [0.25, 0.3) is 0 Å². The molecular weight excluding hydrogens is 144 g/mol. The molecule has 0 nitrogen and oxygen atoms in total. The first-order valence-corrected chi connectivity index (χ1v) is 4.54. The van der Waals surface area contributed by atoms with Crippen molar-refractivity contribution in [1.29, 1.82) is 0 Å². The highest BCUT2D eigenvalue weighted by Crippen LogP contribution is 2.20. The molecule has 0 aromatic heterocycles. The fraction of sp³-hybridized carbons (Fsp3) is 0.417. The molecular formula is C12H17. The van der Waals surface area contributed by atoms with Gasteiger partial charge in [-0.2, -0.15) is 0 Å². The van der Waals surface area contributed by atoms with Crippen LogP contribution in [0.2, 0.25) is 0 Å². The lowest BCUT2D eigenvalue weighted by molar-refractivity contribution is 0.800. The van der Waals surface area contributed by atoms with Gasteiger partial charge in [0.15, 0.2) is 0 Å². The highest BCUT2D eigenvalue weighted by Gasteiger charge is 2.03. The van der Waals surface area contributed by atoms with Crippen LogP contribution in [0.1, 0.15) is 36.0 Å². The number of rotatable bonds is 2. The highest BCUT2D eigenvalue weighted by molar-refractivity contribution is 5.31. The van der Waals surface area contributed by atoms with Crippen molar-refractivity contribution >= 4 is 0 Å². The van der Waals surface area contributed by atoms with Crippen molar-refractivity contribution in [3.05, 3.63) is 41.8 Å². The van der Waals surface area contributed by atoms with Crippen LogP contribution in [0.5, 0.6) is 0 Å². The van der Waals surface area contributed by atoms with Crippen molar-refractivity contribution in [2.75, 3.05) is 0 Å². The van der Waals surface area contributed by atoms with Crippen LogP contribution in [0, 0.1) is 20.8 Å². The van der Waals surface area contributed by atoms with Gasteiger partial charge in [0, 0.05) is 0 Å². The van der Waals surface area contributed by atoms with Crippen molar-refractivity contribution in [2.45, 2.75) is 33.1 Å². The summed E-state index contributed by atoms with van der Waals surface area (Å²) in [6.45, 7) is 10.6. The first-order chi connectivity index (χ1) is 5.63. The third-order valence-electron chi connectivity index (χ3n) is 2.21. The Bertz CT molecular complexity index is 240. The minimum Gasteiger partial charge on any atom is -0.0648 e. The van der Waals surface area contributed by atoms with Gasteiger partial charge in [-0.1, -0.05) is 36.2 Å². The molecule has 12 heavy (non-hydrogen) atoms. The van der Waals surface area contributed by atoms with E-state index in [9.17, 15) is 0 Å². The average molecular weight is 161 g/mol. The summed E-state index contributed by atoms with van der Waals surface area (Å²) in [6.07, 6.45) is 1.11. The Kier molecular flexibility index (Phi) is 2.91. The number of benzene rings is 1. The Balaban J connectivity index is 3.00. The Hall–Kier alpha value is -0.780. The number of hydrogen-bond donors (Lipinski definition) is 0. The van der Waals surface area contributed by atoms with Crippen molar-refractivity contribution in [1.82, 2.24) is 0 Å². The fourth-order valence-electron chi connectivity index (χ4n) is 1.48. The Labute approximate surface area is 75.6 Å². The van der Waals surface area contributed by atoms with Gasteiger partial charge < -0.3 is 0 Å². The van der Waals surface area contributed by atoms with Gasteiger partial charge in [0.2, 0.25) is 0 Å². The van der Waals surface area contributed by atoms with Gasteiger partial charge in [-0.05, 0) is 38.7 Å². The van der Waals surface area contributed by atoms with Gasteiger partial charge >= 0.3 is 0 Å². The largest absolute Gasteiger partial charge is 0.0648 e. The van der Waals surface area contributed by atoms with E-state index in [2.05, 4.69) is 45.9 Å². The summed E-state index contributed by atoms with van der Waals surface area (Å²) < 4.78 is 0. The van der Waals surface area contributed by atoms with Gasteiger partial charge in [-0.3, -0.25) is 0 Å². The third kappa shape index (κ3) is 2.10. The molecule has 1 unspecified atom stereocenters. The molecule has 0 N–H and O–H groups in total. The van der Waals surface area contributed by atoms with Crippen molar-refractivity contribution in [3.8, 4) is 0 Å². The van der Waals surface area contributed by atoms with Gasteiger partial charge in [0.1, 0.15) is 0 Å². The molecule has 0 heteroatoms. The van der Waals surface area contributed by atoms with E-state index in [4.69, 9.17) is 0 Å². The summed E-state index contributed by atoms with van der Waals surface area (Å²) in [6, 6.07) is 6.66. The number of hydrogen-bond acceptors (Lipinski definition) is 0. The van der Waals surface area contributed by atoms with Crippen LogP contribution in [0.15, 0.2) is 18.2 Å². The lowest BCUT2D eigenvalue weighted by Gasteiger charge is -2.10. The second-order valence-electron chi connectivity index (χ2n) is 3.53. The topological polar surface area (TPSA) is 0 Å². The Morgan fingerprint density at radius 2 is 1.67 bits per heavy atom. The summed E-state index contributed by atoms with van der Waals surface area (Å²) in [5, 5.41) is 0. The predicted molar refractivity (Wildman–Crippen MR) is 54.3 cm³/mol. The monoisotopic (exact) mass is 161 g/mol. The van der Waals surface area contributed by atoms with E-state index in [0.717, 1.165) is 6.42 Å². The highest BCUT2D eigenvalue weighted by atomic mass is 14.1. The summed E-state index contributed by atoms with van der Waals surface area (Å²) in [4.78, 5) is 0. The molecule has 0 spiro atoms. The van der Waals surface area contributed by atoms with Gasteiger partial charge in [0.05, 0.1) is 0 Å². The van der Waals surface area contributed by atoms with E-state index < -0.39 is 0 Å². The molecule has 0 aliphatic rings. The second-order valence-corrected chi connectivity index (χ2v) is 3.53. The third-order valence-corrected chi connectivity index (χ3v) is 2.21. The summed E-state index contributed by atoms with van der Waals surface area (Å²) in [5.74, 6) is 0.448. The van der Waals surface area contributed by atoms with Crippen molar-refractivity contribution < 1.29 is 0 Å². The summed E-state index contributed by atoms with van der Waals surface area (Å²) in [5.41, 5.74) is 4.05. The van der Waals surface area contributed by atoms with Crippen LogP contribution in [-0.2, 0) is 0 Å². The SMILES string of the molecule is [CH2]C(CC)c1cc(C)cc(C)c1. The van der Waals surface area contributed by atoms with Crippen LogP contribution in [-0.4, -0.2) is 0 Å². The molecule has 1 atom stereocenters. The molecule has 1 aromatic carbocycles. The zero-order chi connectivity index (χ0) is 9.14. The van der Waals surface area contributed by atoms with Crippen LogP contribution < -0.4 is 0 Å². The molecule has 0 saturated carbocycles. The van der Waals surface area contributed by atoms with Crippen LogP contribution >= 0.6 is 0 Å². The van der Waals surface area contributed by atoms with Crippen molar-refractivity contribution in [3.63, 3.8) is 0 Å². The normalized spacial score (nSPS) is 13.0. The van der Waals surface area contributed by atoms with Gasteiger partial charge in [-0.15, -0.1) is 0 Å². The predicted octanol–water partition coefficient (Wildman–Crippen LogP) is 3.63. The van der Waals surface area contributed by atoms with E-state index in [0.29, 0.717) is 5.92 Å². The van der Waals surface area contributed by atoms with Crippen LogP contribution in [0.3, 0.4) is 0 Å². The molecule has 0 fully saturated rings. The first kappa shape index (κ1) is 9.31. The minimum atomic E-state index is 0.448. The van der Waals surface area contributed by atoms with E-state index in [-0.39, 0.29) is 0 Å². The Morgan fingerprint density at radius 3 is 2.08 bits per heavy atom. The van der Waals surface area contributed by atoms with Gasteiger partial charge in [0.25, 0.3) is 0 Å². The molecule has 1 rings (SSSR count). The molecule has 0 heterocycles. The molecule has 1 aromatic rings. The van der Waals surface area contributed by atoms with Crippen LogP contribution in [0.4, 0.5) is 0 Å². The quantitative estimate of drug-likeness (QED) is 0.621. The zero-order valence-corrected chi connectivity index (χ0v) is 8.22. The van der Waals surface area contributed by atoms with E-state index in [1.54, 1.807) is 0 Å². The lowest BCUT2D eigenvalue weighted by Crippen LogP contribution is -1.93. The molecule has 0 saturated heterocycles. The molecule has 0 amide bonds. The average Bonchev–Trinajstić information content (AvgIpc) is 2.01. The molecule has 0 bridgehead atoms. The smallest absolute Gasteiger partial charge is 0.0164 e.